The first-order valence-corrected chi connectivity index (χ1v) is 16.7. The number of aryl methyl sites for hydroxylation is 1. The minimum Gasteiger partial charge on any atom is -0.505 e. The van der Waals surface area contributed by atoms with Crippen molar-refractivity contribution in [2.24, 2.45) is 20.5 Å². The third-order valence-electron chi connectivity index (χ3n) is 6.54. The molecule has 6 N–H and O–H groups in total. The molecule has 0 radical (unpaired) electrons. The van der Waals surface area contributed by atoms with Gasteiger partial charge in [-0.25, -0.2) is 0 Å². The number of benzene rings is 5. The van der Waals surface area contributed by atoms with Crippen LogP contribution >= 0.6 is 0 Å². The third-order valence-corrected chi connectivity index (χ3v) is 9.09. The summed E-state index contributed by atoms with van der Waals surface area (Å²) in [5.41, 5.74) is 6.55. The lowest BCUT2D eigenvalue weighted by atomic mass is 10.1. The van der Waals surface area contributed by atoms with Crippen LogP contribution < -0.4 is 5.73 Å². The molecule has 0 amide bonds. The van der Waals surface area contributed by atoms with Gasteiger partial charge in [-0.2, -0.15) is 40.6 Å². The Hall–Kier alpha value is -4.85. The zero-order valence-corrected chi connectivity index (χ0v) is 25.2. The maximum Gasteiger partial charge on any atom is 0.296 e. The molecule has 0 bridgehead atoms. The van der Waals surface area contributed by atoms with E-state index in [9.17, 15) is 44.0 Å². The number of hydrogen-bond acceptors (Lipinski definition) is 12. The van der Waals surface area contributed by atoms with Crippen molar-refractivity contribution in [1.29, 1.82) is 0 Å². The molecule has 5 aromatic carbocycles. The molecule has 5 rings (SSSR count). The Morgan fingerprint density at radius 2 is 1.18 bits per heavy atom. The molecular formula is C27H21N5O10S3. The number of anilines is 1. The number of nitrogens with zero attached hydrogens (tertiary/aromatic N) is 4. The molecule has 232 valence electrons. The van der Waals surface area contributed by atoms with Gasteiger partial charge in [0.2, 0.25) is 0 Å². The fraction of sp³-hybridized carbons (Fsp3) is 0.0370. The molecule has 0 atom stereocenters. The van der Waals surface area contributed by atoms with Gasteiger partial charge >= 0.3 is 0 Å². The van der Waals surface area contributed by atoms with E-state index in [4.69, 9.17) is 5.73 Å². The van der Waals surface area contributed by atoms with Crippen molar-refractivity contribution in [3.05, 3.63) is 78.4 Å². The SMILES string of the molecule is Cc1cc(N=Nc2c(S(=O)(=O)O)cc3cc(S(=O)(=O)O)cc(N)c3c2O)ccc1N=Nc1ccc2cc(S(=O)(=O)O)ccc2c1. The van der Waals surface area contributed by atoms with Gasteiger partial charge in [0, 0.05) is 11.1 Å². The highest BCUT2D eigenvalue weighted by Gasteiger charge is 2.25. The number of hydrogen-bond donors (Lipinski definition) is 5. The Labute approximate surface area is 255 Å². The molecule has 0 heterocycles. The lowest BCUT2D eigenvalue weighted by Crippen LogP contribution is -2.02. The molecule has 0 aromatic heterocycles. The molecule has 0 saturated heterocycles. The quantitative estimate of drug-likeness (QED) is 0.0743. The summed E-state index contributed by atoms with van der Waals surface area (Å²) >= 11 is 0. The highest BCUT2D eigenvalue weighted by atomic mass is 32.2. The number of azo groups is 2. The zero-order chi connectivity index (χ0) is 32.9. The second-order valence-electron chi connectivity index (χ2n) is 9.67. The molecule has 0 aliphatic rings. The van der Waals surface area contributed by atoms with E-state index in [0.717, 1.165) is 18.2 Å². The van der Waals surface area contributed by atoms with Crippen molar-refractivity contribution >= 4 is 80.3 Å². The largest absolute Gasteiger partial charge is 0.505 e. The first kappa shape index (κ1) is 31.6. The third kappa shape index (κ3) is 6.65. The molecule has 15 nitrogen and oxygen atoms in total. The van der Waals surface area contributed by atoms with E-state index >= 15 is 0 Å². The van der Waals surface area contributed by atoms with Crippen molar-refractivity contribution in [3.8, 4) is 5.75 Å². The van der Waals surface area contributed by atoms with Crippen LogP contribution in [-0.4, -0.2) is 44.0 Å². The number of nitrogens with two attached hydrogens (primary N) is 1. The standard InChI is InChI=1S/C27H21N5O10S3/c1-14-8-18(5-7-23(14)31-29-19-4-2-16-10-20(43(34,35)36)6-3-15(16)9-19)30-32-26-24(45(40,41)42)12-17-11-21(44(37,38)39)13-22(28)25(17)27(26)33/h2-13,33H,28H2,1H3,(H,34,35,36)(H,37,38,39)(H,40,41,42). The van der Waals surface area contributed by atoms with Gasteiger partial charge in [0.05, 0.1) is 26.9 Å². The van der Waals surface area contributed by atoms with E-state index < -0.39 is 51.6 Å². The van der Waals surface area contributed by atoms with E-state index in [1.165, 1.54) is 30.3 Å². The molecule has 5 aromatic rings. The predicted octanol–water partition coefficient (Wildman–Crippen LogP) is 6.16. The van der Waals surface area contributed by atoms with E-state index in [2.05, 4.69) is 20.5 Å². The van der Waals surface area contributed by atoms with Crippen molar-refractivity contribution < 1.29 is 44.0 Å². The maximum absolute atomic E-state index is 12.1. The Morgan fingerprint density at radius 1 is 0.600 bits per heavy atom. The monoisotopic (exact) mass is 671 g/mol. The van der Waals surface area contributed by atoms with Gasteiger partial charge in [-0.1, -0.05) is 12.1 Å². The Morgan fingerprint density at radius 3 is 1.82 bits per heavy atom. The molecule has 45 heavy (non-hydrogen) atoms. The summed E-state index contributed by atoms with van der Waals surface area (Å²) in [6, 6.07) is 16.1. The van der Waals surface area contributed by atoms with Crippen molar-refractivity contribution in [1.82, 2.24) is 0 Å². The Kier molecular flexibility index (Phi) is 7.90. The van der Waals surface area contributed by atoms with Crippen LogP contribution in [0, 0.1) is 6.92 Å². The van der Waals surface area contributed by atoms with Crippen LogP contribution in [0.25, 0.3) is 21.5 Å². The first-order chi connectivity index (χ1) is 20.9. The molecule has 0 fully saturated rings. The number of rotatable bonds is 7. The Balaban J connectivity index is 1.47. The van der Waals surface area contributed by atoms with Crippen molar-refractivity contribution in [2.75, 3.05) is 5.73 Å². The van der Waals surface area contributed by atoms with Gasteiger partial charge in [-0.3, -0.25) is 13.7 Å². The highest BCUT2D eigenvalue weighted by molar-refractivity contribution is 7.86. The molecule has 0 aliphatic carbocycles. The lowest BCUT2D eigenvalue weighted by Gasteiger charge is -2.12. The molecule has 0 aliphatic heterocycles. The van der Waals surface area contributed by atoms with Gasteiger partial charge in [-0.05, 0) is 89.3 Å². The summed E-state index contributed by atoms with van der Waals surface area (Å²) in [4.78, 5) is -1.79. The van der Waals surface area contributed by atoms with Crippen LogP contribution in [0.4, 0.5) is 28.4 Å². The van der Waals surface area contributed by atoms with E-state index in [1.807, 2.05) is 0 Å². The van der Waals surface area contributed by atoms with Crippen LogP contribution in [0.5, 0.6) is 5.75 Å². The average molecular weight is 672 g/mol. The summed E-state index contributed by atoms with van der Waals surface area (Å²) in [6.07, 6.45) is 0. The summed E-state index contributed by atoms with van der Waals surface area (Å²) < 4.78 is 98.5. The van der Waals surface area contributed by atoms with Crippen molar-refractivity contribution in [2.45, 2.75) is 21.6 Å². The minimum atomic E-state index is -5.02. The van der Waals surface area contributed by atoms with E-state index in [0.29, 0.717) is 27.7 Å². The fourth-order valence-corrected chi connectivity index (χ4v) is 6.13. The maximum atomic E-state index is 12.1. The van der Waals surface area contributed by atoms with Crippen LogP contribution in [-0.2, 0) is 30.4 Å². The fourth-order valence-electron chi connectivity index (χ4n) is 4.40. The minimum absolute atomic E-state index is 0.191. The number of phenolic OH excluding ortho intramolecular Hbond substituents is 1. The van der Waals surface area contributed by atoms with Crippen LogP contribution in [0.15, 0.2) is 108 Å². The summed E-state index contributed by atoms with van der Waals surface area (Å²) in [7, 11) is -14.1. The number of aromatic hydroxyl groups is 1. The van der Waals surface area contributed by atoms with Crippen molar-refractivity contribution in [3.63, 3.8) is 0 Å². The van der Waals surface area contributed by atoms with Crippen LogP contribution in [0.2, 0.25) is 0 Å². The van der Waals surface area contributed by atoms with Gasteiger partial charge in [0.1, 0.15) is 10.6 Å². The van der Waals surface area contributed by atoms with E-state index in [1.54, 1.807) is 31.2 Å². The smallest absolute Gasteiger partial charge is 0.296 e. The summed E-state index contributed by atoms with van der Waals surface area (Å²) in [5.74, 6) is -0.810. The molecule has 0 unspecified atom stereocenters. The molecule has 0 spiro atoms. The number of nitrogen functional groups attached to an aromatic ring is 1. The van der Waals surface area contributed by atoms with E-state index in [-0.39, 0.29) is 27.0 Å². The number of fused-ring (bicyclic) bond motifs is 2. The number of phenols is 1. The lowest BCUT2D eigenvalue weighted by molar-refractivity contribution is 0.472. The van der Waals surface area contributed by atoms with Gasteiger partial charge in [0.25, 0.3) is 30.4 Å². The first-order valence-electron chi connectivity index (χ1n) is 12.4. The second kappa shape index (κ2) is 11.3. The van der Waals surface area contributed by atoms with Gasteiger partial charge in [-0.15, -0.1) is 5.11 Å². The summed E-state index contributed by atoms with van der Waals surface area (Å²) in [6.45, 7) is 1.69. The van der Waals surface area contributed by atoms with Crippen LogP contribution in [0.3, 0.4) is 0 Å². The molecular weight excluding hydrogens is 651 g/mol. The summed E-state index contributed by atoms with van der Waals surface area (Å²) in [5, 5.41) is 27.9. The predicted molar refractivity (Wildman–Crippen MR) is 163 cm³/mol. The van der Waals surface area contributed by atoms with Gasteiger partial charge < -0.3 is 10.8 Å². The van der Waals surface area contributed by atoms with Crippen LogP contribution in [0.1, 0.15) is 5.56 Å². The van der Waals surface area contributed by atoms with Gasteiger partial charge in [0.15, 0.2) is 5.75 Å². The zero-order valence-electron chi connectivity index (χ0n) is 22.8. The molecule has 0 saturated carbocycles. The topological polar surface area (TPSA) is 259 Å². The Bertz CT molecular complexity index is 2450. The highest BCUT2D eigenvalue weighted by Crippen LogP contribution is 2.44. The normalized spacial score (nSPS) is 13.0. The average Bonchev–Trinajstić information content (AvgIpc) is 2.94. The molecule has 18 heteroatoms. The second-order valence-corrected chi connectivity index (χ2v) is 13.9.